The monoisotopic (exact) mass is 337 g/mol. The zero-order chi connectivity index (χ0) is 17.9. The maximum Gasteiger partial charge on any atom is 0.439 e. The fourth-order valence-corrected chi connectivity index (χ4v) is 3.55. The van der Waals surface area contributed by atoms with Gasteiger partial charge < -0.3 is 0 Å². The molecule has 5 nitrogen and oxygen atoms in total. The largest absolute Gasteiger partial charge is 0.439 e. The molecule has 0 spiro atoms. The summed E-state index contributed by atoms with van der Waals surface area (Å²) < 4.78 is 1.67. The molecule has 5 heteroatoms. The van der Waals surface area contributed by atoms with E-state index in [0.29, 0.717) is 6.54 Å². The molecule has 1 atom stereocenters. The average molecular weight is 337 g/mol. The Hall–Kier alpha value is -2.53. The quantitative estimate of drug-likeness (QED) is 0.750. The number of hydrogen-bond donors (Lipinski definition) is 0. The van der Waals surface area contributed by atoms with Gasteiger partial charge in [0.1, 0.15) is 24.3 Å². The third kappa shape index (κ3) is 3.20. The second kappa shape index (κ2) is 7.15. The van der Waals surface area contributed by atoms with E-state index < -0.39 is 0 Å². The fourth-order valence-electron chi connectivity index (χ4n) is 3.55. The van der Waals surface area contributed by atoms with E-state index in [1.54, 1.807) is 23.3 Å². The first-order valence-electron chi connectivity index (χ1n) is 8.82. The Kier molecular flexibility index (Phi) is 4.95. The van der Waals surface area contributed by atoms with Gasteiger partial charge >= 0.3 is 6.03 Å². The molecule has 0 bridgehead atoms. The summed E-state index contributed by atoms with van der Waals surface area (Å²) >= 11 is 0. The molecule has 1 amide bonds. The number of nitrogens with zero attached hydrogens (tertiary/aromatic N) is 4. The van der Waals surface area contributed by atoms with Crippen molar-refractivity contribution >= 4 is 12.4 Å². The smallest absolute Gasteiger partial charge is 0.245 e. The minimum Gasteiger partial charge on any atom is -0.245 e. The first kappa shape index (κ1) is 17.3. The van der Waals surface area contributed by atoms with Crippen molar-refractivity contribution < 1.29 is 9.28 Å². The maximum absolute atomic E-state index is 13.5. The van der Waals surface area contributed by atoms with Crippen molar-refractivity contribution in [2.24, 2.45) is 10.9 Å². The molecule has 1 aromatic heterocycles. The topological polar surface area (TPSA) is 47.2 Å². The van der Waals surface area contributed by atoms with Crippen LogP contribution in [-0.4, -0.2) is 26.4 Å². The predicted molar refractivity (Wildman–Crippen MR) is 98.7 cm³/mol. The van der Waals surface area contributed by atoms with Gasteiger partial charge in [-0.05, 0) is 6.42 Å². The normalized spacial score (nSPS) is 19.8. The molecule has 1 aliphatic rings. The van der Waals surface area contributed by atoms with Crippen LogP contribution in [0.5, 0.6) is 0 Å². The molecule has 3 rings (SSSR count). The van der Waals surface area contributed by atoms with Crippen molar-refractivity contribution in [1.29, 1.82) is 0 Å². The molecule has 0 aliphatic carbocycles. The lowest BCUT2D eigenvalue weighted by Crippen LogP contribution is -2.51. The lowest BCUT2D eigenvalue weighted by atomic mass is 10.0. The number of aliphatic imine (C=N–C) groups is 1. The molecule has 2 heterocycles. The number of benzene rings is 1. The first-order chi connectivity index (χ1) is 12.1. The Morgan fingerprint density at radius 1 is 1.24 bits per heavy atom. The summed E-state index contributed by atoms with van der Waals surface area (Å²) in [6.07, 6.45) is 8.61. The number of imidazole rings is 1. The molecule has 1 aromatic carbocycles. The summed E-state index contributed by atoms with van der Waals surface area (Å²) in [6, 6.07) is 10.1. The molecule has 1 aliphatic heterocycles. The number of rotatable bonds is 5. The van der Waals surface area contributed by atoms with Crippen LogP contribution in [0.4, 0.5) is 4.79 Å². The molecule has 25 heavy (non-hydrogen) atoms. The summed E-state index contributed by atoms with van der Waals surface area (Å²) in [5.74, 6) is 0.222. The molecule has 1 unspecified atom stereocenters. The second-order valence-electron chi connectivity index (χ2n) is 6.75. The molecule has 2 aromatic rings. The molecular formula is C20H25N4O+. The SMILES string of the molecule is CCCC1=C(C(C)C)[N+](Cc2ccccc2)(C(=O)n2ccnc2)C=N1. The lowest BCUT2D eigenvalue weighted by molar-refractivity contribution is -0.726. The standard InChI is InChI=1S/C20H25N4O/c1-4-8-18-19(16(2)3)24(15-22-18,13-17-9-6-5-7-10-17)20(25)23-12-11-21-14-23/h5-7,9-12,14-16H,4,8,13H2,1-3H3/q+1. The van der Waals surface area contributed by atoms with Crippen LogP contribution in [0.15, 0.2) is 65.4 Å². The Bertz CT molecular complexity index is 790. The predicted octanol–water partition coefficient (Wildman–Crippen LogP) is 4.58. The summed E-state index contributed by atoms with van der Waals surface area (Å²) in [7, 11) is 0. The van der Waals surface area contributed by atoms with Crippen LogP contribution in [0.25, 0.3) is 0 Å². The summed E-state index contributed by atoms with van der Waals surface area (Å²) in [5, 5.41) is 0. The van der Waals surface area contributed by atoms with Crippen LogP contribution in [0.3, 0.4) is 0 Å². The van der Waals surface area contributed by atoms with E-state index in [2.05, 4.69) is 42.9 Å². The highest BCUT2D eigenvalue weighted by atomic mass is 16.2. The average Bonchev–Trinajstić information content (AvgIpc) is 3.24. The van der Waals surface area contributed by atoms with Crippen molar-refractivity contribution in [3.05, 3.63) is 66.0 Å². The van der Waals surface area contributed by atoms with Crippen LogP contribution < -0.4 is 0 Å². The van der Waals surface area contributed by atoms with Crippen molar-refractivity contribution in [2.75, 3.05) is 0 Å². The molecule has 0 saturated carbocycles. The third-order valence-corrected chi connectivity index (χ3v) is 4.51. The van der Waals surface area contributed by atoms with Crippen LogP contribution in [0.2, 0.25) is 0 Å². The van der Waals surface area contributed by atoms with Crippen LogP contribution >= 0.6 is 0 Å². The van der Waals surface area contributed by atoms with Gasteiger partial charge in [0.25, 0.3) is 0 Å². The van der Waals surface area contributed by atoms with Gasteiger partial charge in [-0.3, -0.25) is 0 Å². The maximum atomic E-state index is 13.5. The Balaban J connectivity index is 2.12. The van der Waals surface area contributed by atoms with Gasteiger partial charge in [-0.25, -0.2) is 19.3 Å². The number of hydrogen-bond acceptors (Lipinski definition) is 3. The van der Waals surface area contributed by atoms with Gasteiger partial charge in [0.05, 0.1) is 0 Å². The van der Waals surface area contributed by atoms with Gasteiger partial charge in [-0.1, -0.05) is 57.5 Å². The van der Waals surface area contributed by atoms with E-state index in [1.807, 2.05) is 24.5 Å². The van der Waals surface area contributed by atoms with Crippen molar-refractivity contribution in [2.45, 2.75) is 40.2 Å². The van der Waals surface area contributed by atoms with Gasteiger partial charge in [0.15, 0.2) is 0 Å². The Labute approximate surface area is 148 Å². The third-order valence-electron chi connectivity index (χ3n) is 4.51. The highest BCUT2D eigenvalue weighted by Crippen LogP contribution is 2.36. The minimum atomic E-state index is -0.0418. The van der Waals surface area contributed by atoms with Crippen LogP contribution in [0.1, 0.15) is 39.2 Å². The highest BCUT2D eigenvalue weighted by Gasteiger charge is 2.47. The molecular weight excluding hydrogens is 312 g/mol. The Morgan fingerprint density at radius 2 is 2.00 bits per heavy atom. The van der Waals surface area contributed by atoms with Crippen LogP contribution in [0, 0.1) is 5.92 Å². The molecule has 0 N–H and O–H groups in total. The molecule has 0 saturated heterocycles. The summed E-state index contributed by atoms with van der Waals surface area (Å²) in [4.78, 5) is 22.2. The number of carbonyl (C=O) groups excluding carboxylic acids is 1. The number of quaternary nitrogens is 1. The zero-order valence-electron chi connectivity index (χ0n) is 15.1. The lowest BCUT2D eigenvalue weighted by Gasteiger charge is -2.31. The van der Waals surface area contributed by atoms with E-state index in [0.717, 1.165) is 29.8 Å². The molecule has 130 valence electrons. The first-order valence-corrected chi connectivity index (χ1v) is 8.82. The molecule has 0 radical (unpaired) electrons. The van der Waals surface area contributed by atoms with Crippen molar-refractivity contribution in [3.63, 3.8) is 0 Å². The van der Waals surface area contributed by atoms with Gasteiger partial charge in [-0.15, -0.1) is 0 Å². The number of carbonyl (C=O) groups is 1. The van der Waals surface area contributed by atoms with E-state index in [9.17, 15) is 4.79 Å². The van der Waals surface area contributed by atoms with Crippen molar-refractivity contribution in [3.8, 4) is 0 Å². The van der Waals surface area contributed by atoms with E-state index in [4.69, 9.17) is 0 Å². The molecule has 0 fully saturated rings. The second-order valence-corrected chi connectivity index (χ2v) is 6.75. The summed E-state index contributed by atoms with van der Waals surface area (Å²) in [6.45, 7) is 6.97. The number of amides is 1. The van der Waals surface area contributed by atoms with Gasteiger partial charge in [0, 0.05) is 23.9 Å². The van der Waals surface area contributed by atoms with Gasteiger partial charge in [-0.2, -0.15) is 4.48 Å². The number of allylic oxidation sites excluding steroid dienone is 2. The number of aromatic nitrogens is 2. The highest BCUT2D eigenvalue weighted by molar-refractivity contribution is 5.81. The summed E-state index contributed by atoms with van der Waals surface area (Å²) in [5.41, 5.74) is 3.24. The fraction of sp³-hybridized carbons (Fsp3) is 0.350. The van der Waals surface area contributed by atoms with E-state index >= 15 is 0 Å². The minimum absolute atomic E-state index is 0.0418. The van der Waals surface area contributed by atoms with Crippen LogP contribution in [-0.2, 0) is 6.54 Å². The van der Waals surface area contributed by atoms with Crippen molar-refractivity contribution in [1.82, 2.24) is 9.55 Å². The van der Waals surface area contributed by atoms with E-state index in [-0.39, 0.29) is 16.4 Å². The zero-order valence-corrected chi connectivity index (χ0v) is 15.1. The van der Waals surface area contributed by atoms with E-state index in [1.165, 1.54) is 0 Å². The van der Waals surface area contributed by atoms with Gasteiger partial charge in [0.2, 0.25) is 6.34 Å². The Morgan fingerprint density at radius 3 is 2.60 bits per heavy atom.